The number of hydrogen-bond acceptors (Lipinski definition) is 4. The Kier molecular flexibility index (Phi) is 4.30. The van der Waals surface area contributed by atoms with Gasteiger partial charge in [0, 0.05) is 24.5 Å². The van der Waals surface area contributed by atoms with Gasteiger partial charge in [-0.15, -0.1) is 0 Å². The number of anilines is 3. The van der Waals surface area contributed by atoms with E-state index in [-0.39, 0.29) is 11.9 Å². The average molecular weight is 310 g/mol. The lowest BCUT2D eigenvalue weighted by Gasteiger charge is -2.11. The van der Waals surface area contributed by atoms with Crippen molar-refractivity contribution < 1.29 is 18.0 Å². The van der Waals surface area contributed by atoms with Gasteiger partial charge in [-0.3, -0.25) is 4.79 Å². The van der Waals surface area contributed by atoms with E-state index >= 15 is 0 Å². The van der Waals surface area contributed by atoms with Crippen molar-refractivity contribution in [3.63, 3.8) is 0 Å². The summed E-state index contributed by atoms with van der Waals surface area (Å²) >= 11 is 0. The van der Waals surface area contributed by atoms with Crippen LogP contribution in [0.2, 0.25) is 0 Å². The van der Waals surface area contributed by atoms with Gasteiger partial charge >= 0.3 is 6.18 Å². The summed E-state index contributed by atoms with van der Waals surface area (Å²) in [7, 11) is 0. The van der Waals surface area contributed by atoms with Crippen LogP contribution in [0.4, 0.5) is 30.5 Å². The minimum Gasteiger partial charge on any atom is -0.326 e. The highest BCUT2D eigenvalue weighted by molar-refractivity contribution is 5.89. The first-order valence-corrected chi connectivity index (χ1v) is 6.30. The molecule has 1 heterocycles. The van der Waals surface area contributed by atoms with Gasteiger partial charge in [0.25, 0.3) is 0 Å². The highest BCUT2D eigenvalue weighted by Crippen LogP contribution is 2.28. The van der Waals surface area contributed by atoms with Crippen LogP contribution < -0.4 is 10.6 Å². The van der Waals surface area contributed by atoms with E-state index in [9.17, 15) is 18.0 Å². The van der Waals surface area contributed by atoms with Gasteiger partial charge in [0.05, 0.1) is 0 Å². The molecule has 22 heavy (non-hydrogen) atoms. The molecule has 0 aliphatic rings. The summed E-state index contributed by atoms with van der Waals surface area (Å²) in [6, 6.07) is 5.82. The number of carbonyl (C=O) groups excluding carboxylic acids is 1. The van der Waals surface area contributed by atoms with Crippen molar-refractivity contribution >= 4 is 23.2 Å². The SMILES string of the molecule is CC(=O)Nc1cc(C)cc(Nc2nccc(C(F)(F)F)n2)c1. The smallest absolute Gasteiger partial charge is 0.326 e. The topological polar surface area (TPSA) is 66.9 Å². The van der Waals surface area contributed by atoms with Crippen molar-refractivity contribution in [1.82, 2.24) is 9.97 Å². The van der Waals surface area contributed by atoms with Crippen LogP contribution in [0.1, 0.15) is 18.2 Å². The number of carbonyl (C=O) groups is 1. The van der Waals surface area contributed by atoms with E-state index in [0.29, 0.717) is 11.4 Å². The first-order valence-electron chi connectivity index (χ1n) is 6.30. The summed E-state index contributed by atoms with van der Waals surface area (Å²) < 4.78 is 37.8. The molecule has 5 nitrogen and oxygen atoms in total. The van der Waals surface area contributed by atoms with Crippen LogP contribution >= 0.6 is 0 Å². The molecule has 0 unspecified atom stereocenters. The second-order valence-corrected chi connectivity index (χ2v) is 4.66. The fraction of sp³-hybridized carbons (Fsp3) is 0.214. The molecule has 0 fully saturated rings. The van der Waals surface area contributed by atoms with Crippen LogP contribution in [0.15, 0.2) is 30.5 Å². The lowest BCUT2D eigenvalue weighted by Crippen LogP contribution is -2.10. The van der Waals surface area contributed by atoms with Gasteiger partial charge in [-0.05, 0) is 36.8 Å². The maximum atomic E-state index is 12.6. The Balaban J connectivity index is 2.27. The standard InChI is InChI=1S/C14H13F3N4O/c1-8-5-10(19-9(2)22)7-11(6-8)20-13-18-4-3-12(21-13)14(15,16)17/h3-7H,1-2H3,(H,19,22)(H,18,20,21). The molecule has 0 saturated heterocycles. The second-order valence-electron chi connectivity index (χ2n) is 4.66. The molecular formula is C14H13F3N4O. The van der Waals surface area contributed by atoms with Crippen molar-refractivity contribution in [2.75, 3.05) is 10.6 Å². The third-order valence-corrected chi connectivity index (χ3v) is 2.60. The van der Waals surface area contributed by atoms with Crippen molar-refractivity contribution in [1.29, 1.82) is 0 Å². The van der Waals surface area contributed by atoms with Crippen molar-refractivity contribution in [2.45, 2.75) is 20.0 Å². The van der Waals surface area contributed by atoms with Crippen LogP contribution in [0, 0.1) is 6.92 Å². The van der Waals surface area contributed by atoms with Crippen molar-refractivity contribution in [3.8, 4) is 0 Å². The molecule has 8 heteroatoms. The van der Waals surface area contributed by atoms with Crippen LogP contribution in [-0.2, 0) is 11.0 Å². The molecule has 0 saturated carbocycles. The molecule has 1 aromatic carbocycles. The Morgan fingerprint density at radius 2 is 1.86 bits per heavy atom. The molecule has 0 aliphatic carbocycles. The zero-order valence-corrected chi connectivity index (χ0v) is 11.8. The number of rotatable bonds is 3. The number of amides is 1. The number of hydrogen-bond donors (Lipinski definition) is 2. The third-order valence-electron chi connectivity index (χ3n) is 2.60. The van der Waals surface area contributed by atoms with E-state index in [1.807, 2.05) is 0 Å². The van der Waals surface area contributed by atoms with Crippen molar-refractivity contribution in [2.24, 2.45) is 0 Å². The van der Waals surface area contributed by atoms with Gasteiger partial charge in [-0.2, -0.15) is 13.2 Å². The summed E-state index contributed by atoms with van der Waals surface area (Å²) in [5, 5.41) is 5.31. The average Bonchev–Trinajstić information content (AvgIpc) is 2.36. The molecule has 0 bridgehead atoms. The Morgan fingerprint density at radius 1 is 1.18 bits per heavy atom. The molecule has 1 amide bonds. The highest BCUT2D eigenvalue weighted by Gasteiger charge is 2.32. The van der Waals surface area contributed by atoms with Crippen LogP contribution in [0.25, 0.3) is 0 Å². The summed E-state index contributed by atoms with van der Waals surface area (Å²) in [5.74, 6) is -0.416. The number of benzene rings is 1. The van der Waals surface area contributed by atoms with Gasteiger partial charge < -0.3 is 10.6 Å². The largest absolute Gasteiger partial charge is 0.433 e. The quantitative estimate of drug-likeness (QED) is 0.910. The number of halogens is 3. The molecule has 0 spiro atoms. The monoisotopic (exact) mass is 310 g/mol. The lowest BCUT2D eigenvalue weighted by molar-refractivity contribution is -0.141. The fourth-order valence-electron chi connectivity index (χ4n) is 1.84. The van der Waals surface area contributed by atoms with Gasteiger partial charge in [-0.1, -0.05) is 0 Å². The van der Waals surface area contributed by atoms with E-state index < -0.39 is 11.9 Å². The minimum atomic E-state index is -4.53. The fourth-order valence-corrected chi connectivity index (χ4v) is 1.84. The Labute approximate surface area is 124 Å². The summed E-state index contributed by atoms with van der Waals surface area (Å²) in [6.45, 7) is 3.16. The summed E-state index contributed by atoms with van der Waals surface area (Å²) in [5.41, 5.74) is 0.797. The van der Waals surface area contributed by atoms with Gasteiger partial charge in [0.15, 0.2) is 0 Å². The van der Waals surface area contributed by atoms with E-state index in [4.69, 9.17) is 0 Å². The Hall–Kier alpha value is -2.64. The highest BCUT2D eigenvalue weighted by atomic mass is 19.4. The maximum Gasteiger partial charge on any atom is 0.433 e. The van der Waals surface area contributed by atoms with E-state index in [0.717, 1.165) is 17.8 Å². The zero-order chi connectivity index (χ0) is 16.3. The molecule has 2 N–H and O–H groups in total. The lowest BCUT2D eigenvalue weighted by atomic mass is 10.2. The number of nitrogens with one attached hydrogen (secondary N) is 2. The van der Waals surface area contributed by atoms with Crippen LogP contribution in [-0.4, -0.2) is 15.9 Å². The first kappa shape index (κ1) is 15.7. The van der Waals surface area contributed by atoms with Crippen LogP contribution in [0.5, 0.6) is 0 Å². The number of nitrogens with zero attached hydrogens (tertiary/aromatic N) is 2. The van der Waals surface area contributed by atoms with E-state index in [2.05, 4.69) is 20.6 Å². The molecule has 0 radical (unpaired) electrons. The molecule has 0 atom stereocenters. The normalized spacial score (nSPS) is 11.1. The molecule has 2 rings (SSSR count). The number of alkyl halides is 3. The van der Waals surface area contributed by atoms with E-state index in [1.54, 1.807) is 25.1 Å². The molecule has 2 aromatic rings. The molecule has 0 aliphatic heterocycles. The number of aryl methyl sites for hydroxylation is 1. The van der Waals surface area contributed by atoms with Gasteiger partial charge in [-0.25, -0.2) is 9.97 Å². The van der Waals surface area contributed by atoms with Crippen molar-refractivity contribution in [3.05, 3.63) is 41.7 Å². The minimum absolute atomic E-state index is 0.172. The summed E-state index contributed by atoms with van der Waals surface area (Å²) in [6.07, 6.45) is -3.50. The zero-order valence-electron chi connectivity index (χ0n) is 11.8. The van der Waals surface area contributed by atoms with Gasteiger partial charge in [0.1, 0.15) is 5.69 Å². The third kappa shape index (κ3) is 4.18. The maximum absolute atomic E-state index is 12.6. The van der Waals surface area contributed by atoms with Crippen LogP contribution in [0.3, 0.4) is 0 Å². The Bertz CT molecular complexity index is 701. The van der Waals surface area contributed by atoms with Gasteiger partial charge in [0.2, 0.25) is 11.9 Å². The predicted octanol–water partition coefficient (Wildman–Crippen LogP) is 3.51. The molecule has 1 aromatic heterocycles. The predicted molar refractivity (Wildman–Crippen MR) is 75.8 cm³/mol. The Morgan fingerprint density at radius 3 is 2.50 bits per heavy atom. The molecular weight excluding hydrogens is 297 g/mol. The second kappa shape index (κ2) is 6.00. The molecule has 116 valence electrons. The first-order chi connectivity index (χ1) is 10.2. The number of aromatic nitrogens is 2. The van der Waals surface area contributed by atoms with E-state index in [1.165, 1.54) is 6.92 Å². The summed E-state index contributed by atoms with van der Waals surface area (Å²) in [4.78, 5) is 18.3.